The molecule has 0 aromatic carbocycles. The quantitative estimate of drug-likeness (QED) is 0.771. The first-order valence-electron chi connectivity index (χ1n) is 7.69. The van der Waals surface area contributed by atoms with Crippen LogP contribution in [-0.2, 0) is 9.59 Å². The molecule has 1 fully saturated rings. The predicted molar refractivity (Wildman–Crippen MR) is 78.9 cm³/mol. The topological polar surface area (TPSA) is 58.2 Å². The minimum Gasteiger partial charge on any atom is -0.354 e. The Labute approximate surface area is 121 Å². The number of hydrogen-bond donors (Lipinski definition) is 2. The van der Waals surface area contributed by atoms with Crippen LogP contribution in [0, 0.1) is 23.7 Å². The molecule has 20 heavy (non-hydrogen) atoms. The molecule has 2 bridgehead atoms. The molecule has 0 aliphatic heterocycles. The van der Waals surface area contributed by atoms with E-state index in [2.05, 4.69) is 22.8 Å². The number of fused-ring (bicyclic) bond motifs is 2. The Morgan fingerprint density at radius 3 is 1.45 bits per heavy atom. The molecule has 4 nitrogen and oxygen atoms in total. The van der Waals surface area contributed by atoms with Gasteiger partial charge in [-0.15, -0.1) is 0 Å². The Hall–Kier alpha value is -1.32. The number of carbonyl (C=O) groups is 2. The highest BCUT2D eigenvalue weighted by molar-refractivity contribution is 5.89. The molecule has 3 aliphatic rings. The SMILES string of the molecule is CC(C)NC(=O)[C@@H]1[C@@H](C(=O)NC(C)C)[C@H]2C=C[C@@H]1CC2. The van der Waals surface area contributed by atoms with E-state index in [0.29, 0.717) is 0 Å². The van der Waals surface area contributed by atoms with E-state index in [9.17, 15) is 9.59 Å². The van der Waals surface area contributed by atoms with Crippen LogP contribution in [0.1, 0.15) is 40.5 Å². The molecule has 0 radical (unpaired) electrons. The van der Waals surface area contributed by atoms with E-state index < -0.39 is 0 Å². The summed E-state index contributed by atoms with van der Waals surface area (Å²) in [6.45, 7) is 7.83. The van der Waals surface area contributed by atoms with Gasteiger partial charge in [0.2, 0.25) is 11.8 Å². The highest BCUT2D eigenvalue weighted by Gasteiger charge is 2.47. The van der Waals surface area contributed by atoms with Crippen molar-refractivity contribution in [1.82, 2.24) is 10.6 Å². The minimum absolute atomic E-state index is 0.0305. The van der Waals surface area contributed by atoms with Gasteiger partial charge in [0.1, 0.15) is 0 Å². The molecule has 3 rings (SSSR count). The van der Waals surface area contributed by atoms with Gasteiger partial charge in [-0.1, -0.05) is 12.2 Å². The molecule has 0 aromatic heterocycles. The molecule has 2 amide bonds. The van der Waals surface area contributed by atoms with Crippen LogP contribution >= 0.6 is 0 Å². The van der Waals surface area contributed by atoms with Crippen LogP contribution in [0.2, 0.25) is 0 Å². The number of allylic oxidation sites excluding steroid dienone is 2. The van der Waals surface area contributed by atoms with Crippen molar-refractivity contribution in [3.63, 3.8) is 0 Å². The molecule has 4 atom stereocenters. The van der Waals surface area contributed by atoms with Crippen LogP contribution in [0.15, 0.2) is 12.2 Å². The van der Waals surface area contributed by atoms with E-state index in [-0.39, 0.29) is 47.6 Å². The fourth-order valence-electron chi connectivity index (χ4n) is 3.47. The average Bonchev–Trinajstić information content (AvgIpc) is 2.37. The Morgan fingerprint density at radius 1 is 0.850 bits per heavy atom. The van der Waals surface area contributed by atoms with Crippen molar-refractivity contribution in [2.24, 2.45) is 23.7 Å². The van der Waals surface area contributed by atoms with Gasteiger partial charge in [0.25, 0.3) is 0 Å². The van der Waals surface area contributed by atoms with Crippen molar-refractivity contribution < 1.29 is 9.59 Å². The summed E-state index contributed by atoms with van der Waals surface area (Å²) in [6, 6.07) is 0.224. The van der Waals surface area contributed by atoms with E-state index in [4.69, 9.17) is 0 Å². The smallest absolute Gasteiger partial charge is 0.224 e. The van der Waals surface area contributed by atoms with Gasteiger partial charge in [0.05, 0.1) is 11.8 Å². The summed E-state index contributed by atoms with van der Waals surface area (Å²) in [5, 5.41) is 5.97. The third kappa shape index (κ3) is 3.05. The molecule has 0 heterocycles. The van der Waals surface area contributed by atoms with Crippen molar-refractivity contribution in [3.8, 4) is 0 Å². The third-order valence-electron chi connectivity index (χ3n) is 4.22. The standard InChI is InChI=1S/C16H26N2O2/c1-9(2)17-15(19)13-11-5-7-12(8-6-11)14(13)16(20)18-10(3)4/h5,7,9-14H,6,8H2,1-4H3,(H,17,19)(H,18,20)/t11-,12+,13-,14-/m0/s1. The highest BCUT2D eigenvalue weighted by atomic mass is 16.2. The zero-order chi connectivity index (χ0) is 14.9. The summed E-state index contributed by atoms with van der Waals surface area (Å²) in [5.41, 5.74) is 0. The number of amides is 2. The fourth-order valence-corrected chi connectivity index (χ4v) is 3.47. The highest BCUT2D eigenvalue weighted by Crippen LogP contribution is 2.45. The Balaban J connectivity index is 2.19. The second-order valence-electron chi connectivity index (χ2n) is 6.67. The molecule has 0 saturated heterocycles. The Kier molecular flexibility index (Phi) is 4.51. The van der Waals surface area contributed by atoms with Crippen LogP contribution in [0.5, 0.6) is 0 Å². The van der Waals surface area contributed by atoms with Gasteiger partial charge in [0, 0.05) is 12.1 Å². The normalized spacial score (nSPS) is 31.7. The van der Waals surface area contributed by atoms with Crippen LogP contribution in [0.25, 0.3) is 0 Å². The molecule has 112 valence electrons. The zero-order valence-electron chi connectivity index (χ0n) is 12.8. The number of nitrogens with one attached hydrogen (secondary N) is 2. The first-order valence-corrected chi connectivity index (χ1v) is 7.69. The lowest BCUT2D eigenvalue weighted by Crippen LogP contribution is -2.53. The number of carbonyl (C=O) groups excluding carboxylic acids is 2. The van der Waals surface area contributed by atoms with Crippen molar-refractivity contribution in [2.45, 2.75) is 52.6 Å². The number of rotatable bonds is 4. The summed E-state index contributed by atoms with van der Waals surface area (Å²) in [7, 11) is 0. The van der Waals surface area contributed by atoms with Crippen molar-refractivity contribution in [2.75, 3.05) is 0 Å². The van der Waals surface area contributed by atoms with Crippen LogP contribution < -0.4 is 10.6 Å². The predicted octanol–water partition coefficient (Wildman–Crippen LogP) is 1.86. The maximum Gasteiger partial charge on any atom is 0.224 e. The molecule has 1 saturated carbocycles. The Bertz CT molecular complexity index is 377. The Morgan fingerprint density at radius 2 is 1.20 bits per heavy atom. The fraction of sp³-hybridized carbons (Fsp3) is 0.750. The third-order valence-corrected chi connectivity index (χ3v) is 4.22. The molecular weight excluding hydrogens is 252 g/mol. The lowest BCUT2D eigenvalue weighted by molar-refractivity contribution is -0.141. The van der Waals surface area contributed by atoms with E-state index >= 15 is 0 Å². The van der Waals surface area contributed by atoms with Crippen molar-refractivity contribution in [1.29, 1.82) is 0 Å². The largest absolute Gasteiger partial charge is 0.354 e. The van der Waals surface area contributed by atoms with Crippen molar-refractivity contribution in [3.05, 3.63) is 12.2 Å². The molecule has 0 spiro atoms. The van der Waals surface area contributed by atoms with Gasteiger partial charge in [0.15, 0.2) is 0 Å². The minimum atomic E-state index is -0.208. The van der Waals surface area contributed by atoms with Gasteiger partial charge in [-0.2, -0.15) is 0 Å². The second-order valence-corrected chi connectivity index (χ2v) is 6.67. The zero-order valence-corrected chi connectivity index (χ0v) is 12.8. The number of hydrogen-bond acceptors (Lipinski definition) is 2. The van der Waals surface area contributed by atoms with E-state index in [1.165, 1.54) is 0 Å². The molecule has 0 aromatic rings. The molecule has 4 heteroatoms. The van der Waals surface area contributed by atoms with Crippen molar-refractivity contribution >= 4 is 11.8 Å². The molecule has 0 unspecified atom stereocenters. The lowest BCUT2D eigenvalue weighted by atomic mass is 9.61. The van der Waals surface area contributed by atoms with Crippen LogP contribution in [-0.4, -0.2) is 23.9 Å². The molecule has 2 N–H and O–H groups in total. The molecule has 3 aliphatic carbocycles. The first kappa shape index (κ1) is 15.1. The summed E-state index contributed by atoms with van der Waals surface area (Å²) in [4.78, 5) is 24.9. The van der Waals surface area contributed by atoms with E-state index in [0.717, 1.165) is 12.8 Å². The van der Waals surface area contributed by atoms with E-state index in [1.54, 1.807) is 0 Å². The summed E-state index contributed by atoms with van der Waals surface area (Å²) in [5.74, 6) is 0.0639. The van der Waals surface area contributed by atoms with Gasteiger partial charge in [-0.25, -0.2) is 0 Å². The van der Waals surface area contributed by atoms with Gasteiger partial charge in [-0.3, -0.25) is 9.59 Å². The van der Waals surface area contributed by atoms with Crippen LogP contribution in [0.4, 0.5) is 0 Å². The lowest BCUT2D eigenvalue weighted by Gasteiger charge is -2.43. The van der Waals surface area contributed by atoms with Gasteiger partial charge < -0.3 is 10.6 Å². The average molecular weight is 278 g/mol. The summed E-state index contributed by atoms with van der Waals surface area (Å²) in [6.07, 6.45) is 6.31. The van der Waals surface area contributed by atoms with Gasteiger partial charge in [-0.05, 0) is 52.4 Å². The maximum absolute atomic E-state index is 12.5. The maximum atomic E-state index is 12.5. The molecular formula is C16H26N2O2. The first-order chi connectivity index (χ1) is 9.40. The second kappa shape index (κ2) is 5.98. The summed E-state index contributed by atoms with van der Waals surface area (Å²) < 4.78 is 0. The summed E-state index contributed by atoms with van der Waals surface area (Å²) >= 11 is 0. The van der Waals surface area contributed by atoms with Crippen LogP contribution in [0.3, 0.4) is 0 Å². The van der Waals surface area contributed by atoms with E-state index in [1.807, 2.05) is 27.7 Å². The monoisotopic (exact) mass is 278 g/mol. The van der Waals surface area contributed by atoms with Gasteiger partial charge >= 0.3 is 0 Å².